The molecule has 47 heavy (non-hydrogen) atoms. The average Bonchev–Trinajstić information content (AvgIpc) is 3.73. The lowest BCUT2D eigenvalue weighted by molar-refractivity contribution is 0.0452. The van der Waals surface area contributed by atoms with Gasteiger partial charge in [0.1, 0.15) is 5.65 Å². The maximum atomic E-state index is 15.2. The number of unbranched alkanes of at least 4 members (excludes halogenated alkanes) is 3. The number of nitrogens with two attached hydrogens (primary N) is 3. The van der Waals surface area contributed by atoms with E-state index >= 15 is 4.39 Å². The van der Waals surface area contributed by atoms with Crippen molar-refractivity contribution in [2.24, 2.45) is 22.2 Å². The van der Waals surface area contributed by atoms with Gasteiger partial charge in [-0.05, 0) is 73.7 Å². The quantitative estimate of drug-likeness (QED) is 0.0472. The number of guanidine groups is 1. The van der Waals surface area contributed by atoms with Crippen molar-refractivity contribution in [1.29, 1.82) is 0 Å². The summed E-state index contributed by atoms with van der Waals surface area (Å²) in [6.07, 6.45) is 10.3. The number of H-pyrrole nitrogens is 2. The van der Waals surface area contributed by atoms with Crippen molar-refractivity contribution >= 4 is 34.5 Å². The molecule has 0 saturated carbocycles. The van der Waals surface area contributed by atoms with Crippen LogP contribution in [0.4, 0.5) is 10.3 Å². The second kappa shape index (κ2) is 16.2. The molecule has 2 aromatic carbocycles. The number of aliphatic imine (C=N–C) groups is 1. The van der Waals surface area contributed by atoms with Crippen LogP contribution in [0.15, 0.2) is 70.8 Å². The zero-order valence-corrected chi connectivity index (χ0v) is 26.8. The number of fused-ring (bicyclic) bond motifs is 1. The molecule has 0 amide bonds. The first-order chi connectivity index (χ1) is 22.8. The number of benzene rings is 2. The normalized spacial score (nSPS) is 12.0. The summed E-state index contributed by atoms with van der Waals surface area (Å²) in [7, 11) is 0. The summed E-state index contributed by atoms with van der Waals surface area (Å²) in [6.45, 7) is 1.94. The Hall–Kier alpha value is -4.72. The van der Waals surface area contributed by atoms with Crippen molar-refractivity contribution in [3.63, 3.8) is 0 Å². The van der Waals surface area contributed by atoms with Crippen LogP contribution in [-0.4, -0.2) is 56.2 Å². The molecule has 0 unspecified atom stereocenters. The van der Waals surface area contributed by atoms with Crippen LogP contribution in [0.3, 0.4) is 0 Å². The Morgan fingerprint density at radius 1 is 1.11 bits per heavy atom. The van der Waals surface area contributed by atoms with Crippen molar-refractivity contribution < 1.29 is 9.13 Å². The Labute approximate surface area is 276 Å². The number of hydrogen-bond acceptors (Lipinski definition) is 7. The van der Waals surface area contributed by atoms with Gasteiger partial charge in [0, 0.05) is 42.6 Å². The van der Waals surface area contributed by atoms with Gasteiger partial charge in [-0.2, -0.15) is 4.98 Å². The van der Waals surface area contributed by atoms with Gasteiger partial charge in [0.2, 0.25) is 0 Å². The fourth-order valence-corrected chi connectivity index (χ4v) is 5.50. The molecule has 0 aliphatic carbocycles. The van der Waals surface area contributed by atoms with E-state index < -0.39 is 11.5 Å². The molecule has 12 nitrogen and oxygen atoms in total. The molecule has 3 heterocycles. The molecule has 0 aliphatic rings. The third-order valence-corrected chi connectivity index (χ3v) is 8.02. The van der Waals surface area contributed by atoms with Gasteiger partial charge >= 0.3 is 5.69 Å². The monoisotopic (exact) mass is 662 g/mol. The summed E-state index contributed by atoms with van der Waals surface area (Å²) in [5.41, 5.74) is 19.8. The Morgan fingerprint density at radius 3 is 2.66 bits per heavy atom. The van der Waals surface area contributed by atoms with Gasteiger partial charge in [0.05, 0.1) is 29.1 Å². The summed E-state index contributed by atoms with van der Waals surface area (Å²) in [4.78, 5) is 31.6. The maximum absolute atomic E-state index is 15.2. The molecule has 3 aromatic heterocycles. The fraction of sp³-hybridized carbons (Fsp3) is 0.333. The summed E-state index contributed by atoms with van der Waals surface area (Å²) >= 11 is 6.28. The third kappa shape index (κ3) is 9.18. The van der Waals surface area contributed by atoms with E-state index in [2.05, 4.69) is 30.2 Å². The lowest BCUT2D eigenvalue weighted by atomic mass is 10.0. The number of aromatic nitrogens is 5. The van der Waals surface area contributed by atoms with Crippen LogP contribution in [0.1, 0.15) is 43.2 Å². The standard InChI is InChI=1S/C33H40ClFN10O2/c34-27-16-22(5-3-1-2-4-11-36)15-26(29(27)35)28-17-23-19-45(33(46)44-30(23)43-28)24-8-6-21(7-9-24)20-47-25(10-12-39-31(37)38)18-42-32-40-13-14-41-32/h6-9,13-17,19,25H,1-5,10-12,18,20,36H2,(H4,37,38,39)(H2,40,41,42)(H,43,44,46)/t25-/m1/s1. The molecule has 5 rings (SSSR count). The van der Waals surface area contributed by atoms with Crippen LogP contribution < -0.4 is 28.2 Å². The molecule has 14 heteroatoms. The van der Waals surface area contributed by atoms with Gasteiger partial charge in [-0.1, -0.05) is 36.6 Å². The second-order valence-electron chi connectivity index (χ2n) is 11.3. The molecule has 0 saturated heterocycles. The van der Waals surface area contributed by atoms with E-state index in [1.165, 1.54) is 4.57 Å². The number of halogens is 2. The van der Waals surface area contributed by atoms with E-state index in [-0.39, 0.29) is 17.1 Å². The number of aryl methyl sites for hydroxylation is 1. The lowest BCUT2D eigenvalue weighted by Crippen LogP contribution is -2.27. The Balaban J connectivity index is 1.28. The van der Waals surface area contributed by atoms with E-state index in [4.69, 9.17) is 33.5 Å². The molecule has 0 fully saturated rings. The first-order valence-corrected chi connectivity index (χ1v) is 16.0. The van der Waals surface area contributed by atoms with Gasteiger partial charge in [-0.25, -0.2) is 14.2 Å². The molecular formula is C33H40ClFN10O2. The minimum Gasteiger partial charge on any atom is -0.372 e. The number of anilines is 1. The summed E-state index contributed by atoms with van der Waals surface area (Å²) < 4.78 is 22.8. The Kier molecular flexibility index (Phi) is 11.6. The van der Waals surface area contributed by atoms with E-state index in [1.807, 2.05) is 24.3 Å². The van der Waals surface area contributed by atoms with Crippen molar-refractivity contribution in [1.82, 2.24) is 24.5 Å². The van der Waals surface area contributed by atoms with Crippen LogP contribution in [-0.2, 0) is 17.8 Å². The molecule has 0 aliphatic heterocycles. The molecule has 5 aromatic rings. The highest BCUT2D eigenvalue weighted by atomic mass is 35.5. The van der Waals surface area contributed by atoms with E-state index in [0.717, 1.165) is 43.2 Å². The summed E-state index contributed by atoms with van der Waals surface area (Å²) in [5.74, 6) is 0.152. The topological polar surface area (TPSA) is 191 Å². The minimum absolute atomic E-state index is 0.0307. The number of nitrogens with one attached hydrogen (secondary N) is 3. The fourth-order valence-electron chi connectivity index (χ4n) is 5.26. The second-order valence-corrected chi connectivity index (χ2v) is 11.7. The van der Waals surface area contributed by atoms with Crippen LogP contribution in [0.2, 0.25) is 5.02 Å². The first kappa shape index (κ1) is 33.6. The third-order valence-electron chi connectivity index (χ3n) is 7.75. The van der Waals surface area contributed by atoms with Gasteiger partial charge in [0.25, 0.3) is 0 Å². The number of imidazole rings is 1. The molecular weight excluding hydrogens is 623 g/mol. The predicted molar refractivity (Wildman–Crippen MR) is 184 cm³/mol. The Bertz CT molecular complexity index is 1830. The number of hydrogen-bond donors (Lipinski definition) is 6. The van der Waals surface area contributed by atoms with E-state index in [9.17, 15) is 4.79 Å². The smallest absolute Gasteiger partial charge is 0.354 e. The lowest BCUT2D eigenvalue weighted by Gasteiger charge is -2.18. The van der Waals surface area contributed by atoms with Gasteiger partial charge in [-0.3, -0.25) is 9.56 Å². The average molecular weight is 663 g/mol. The molecule has 9 N–H and O–H groups in total. The largest absolute Gasteiger partial charge is 0.372 e. The van der Waals surface area contributed by atoms with Gasteiger partial charge in [0.15, 0.2) is 17.7 Å². The number of nitrogens with zero attached hydrogens (tertiary/aromatic N) is 4. The summed E-state index contributed by atoms with van der Waals surface area (Å²) in [6, 6.07) is 12.7. The van der Waals surface area contributed by atoms with E-state index in [0.29, 0.717) is 66.6 Å². The van der Waals surface area contributed by atoms with Crippen LogP contribution in [0.5, 0.6) is 0 Å². The Morgan fingerprint density at radius 2 is 1.91 bits per heavy atom. The predicted octanol–water partition coefficient (Wildman–Crippen LogP) is 4.62. The molecule has 0 spiro atoms. The summed E-state index contributed by atoms with van der Waals surface area (Å²) in [5, 5.41) is 3.92. The van der Waals surface area contributed by atoms with Crippen LogP contribution in [0.25, 0.3) is 28.0 Å². The first-order valence-electron chi connectivity index (χ1n) is 15.6. The highest BCUT2D eigenvalue weighted by Gasteiger charge is 2.16. The molecule has 1 atom stereocenters. The number of aromatic amines is 2. The zero-order chi connectivity index (χ0) is 33.2. The maximum Gasteiger partial charge on any atom is 0.354 e. The zero-order valence-electron chi connectivity index (χ0n) is 26.0. The molecule has 0 bridgehead atoms. The van der Waals surface area contributed by atoms with Gasteiger partial charge < -0.3 is 37.2 Å². The van der Waals surface area contributed by atoms with Crippen molar-refractivity contribution in [3.8, 4) is 16.9 Å². The van der Waals surface area contributed by atoms with E-state index in [1.54, 1.807) is 36.8 Å². The minimum atomic E-state index is -0.520. The number of ether oxygens (including phenoxy) is 1. The van der Waals surface area contributed by atoms with Crippen molar-refractivity contribution in [2.45, 2.75) is 51.2 Å². The highest BCUT2D eigenvalue weighted by molar-refractivity contribution is 6.31. The SMILES string of the molecule is NCCCCCCc1cc(Cl)c(F)c(-c2cc3cn(-c4ccc(CO[C@H](CCN=C(N)N)CNc5ncc[nH]5)cc4)c(=O)nc3[nH]2)c1. The number of rotatable bonds is 17. The van der Waals surface area contributed by atoms with Gasteiger partial charge in [-0.15, -0.1) is 0 Å². The van der Waals surface area contributed by atoms with Crippen LogP contribution in [0, 0.1) is 5.82 Å². The molecule has 248 valence electrons. The highest BCUT2D eigenvalue weighted by Crippen LogP contribution is 2.31. The molecule has 0 radical (unpaired) electrons. The van der Waals surface area contributed by atoms with Crippen molar-refractivity contribution in [2.75, 3.05) is 25.0 Å². The van der Waals surface area contributed by atoms with Crippen LogP contribution >= 0.6 is 11.6 Å². The van der Waals surface area contributed by atoms with Crippen molar-refractivity contribution in [3.05, 3.63) is 93.5 Å².